The molecule has 10 heteroatoms. The van der Waals surface area contributed by atoms with Crippen molar-refractivity contribution in [2.24, 2.45) is 0 Å². The Labute approximate surface area is 247 Å². The Bertz CT molecular complexity index is 1250. The number of hydrogen-bond donors (Lipinski definition) is 0. The molecule has 34 heavy (non-hydrogen) atoms. The van der Waals surface area contributed by atoms with E-state index in [1.165, 1.54) is 11.1 Å². The average molecular weight is 517 g/mol. The molecule has 0 unspecified atom stereocenters. The van der Waals surface area contributed by atoms with E-state index in [0.29, 0.717) is 9.79 Å². The Morgan fingerprint density at radius 1 is 0.559 bits per heavy atom. The van der Waals surface area contributed by atoms with E-state index in [9.17, 15) is 8.42 Å². The predicted octanol–water partition coefficient (Wildman–Crippen LogP) is -1.29. The second-order valence-electron chi connectivity index (χ2n) is 6.43. The van der Waals surface area contributed by atoms with Gasteiger partial charge in [-0.15, -0.1) is 0 Å². The second-order valence-corrected chi connectivity index (χ2v) is 8.73. The van der Waals surface area contributed by atoms with Crippen LogP contribution in [0.3, 0.4) is 0 Å². The summed E-state index contributed by atoms with van der Waals surface area (Å²) < 4.78 is 49.5. The fourth-order valence-corrected chi connectivity index (χ4v) is 4.91. The van der Waals surface area contributed by atoms with Crippen LogP contribution in [0.1, 0.15) is 1.43 Å². The van der Waals surface area contributed by atoms with Crippen LogP contribution in [0.25, 0.3) is 22.3 Å². The molecule has 0 spiro atoms. The molecule has 0 fully saturated rings. The molecular weight excluding hydrogens is 494 g/mol. The van der Waals surface area contributed by atoms with Gasteiger partial charge in [-0.05, 0) is 23.3 Å². The summed E-state index contributed by atoms with van der Waals surface area (Å²) >= 11 is 0. The van der Waals surface area contributed by atoms with E-state index in [0.717, 1.165) is 11.1 Å². The van der Waals surface area contributed by atoms with Gasteiger partial charge in [-0.1, -0.05) is 97.1 Å². The third kappa shape index (κ3) is 8.42. The molecule has 4 aromatic carbocycles. The van der Waals surface area contributed by atoms with Crippen LogP contribution in [0.5, 0.6) is 0 Å². The summed E-state index contributed by atoms with van der Waals surface area (Å²) in [7, 11) is -6.38. The molecule has 0 bridgehead atoms. The maximum absolute atomic E-state index is 12.1. The first-order chi connectivity index (χ1) is 14.9. The summed E-state index contributed by atoms with van der Waals surface area (Å²) in [6.07, 6.45) is 0. The van der Waals surface area contributed by atoms with Gasteiger partial charge >= 0.3 is 59.1 Å². The van der Waals surface area contributed by atoms with Gasteiger partial charge in [-0.3, -0.25) is 0 Å². The molecule has 6 nitrogen and oxygen atoms in total. The molecule has 0 saturated heterocycles. The van der Waals surface area contributed by atoms with Crippen molar-refractivity contribution in [1.82, 2.24) is 0 Å². The van der Waals surface area contributed by atoms with Crippen molar-refractivity contribution >= 4 is 20.8 Å². The summed E-state index contributed by atoms with van der Waals surface area (Å²) in [5.74, 6) is 0. The van der Waals surface area contributed by atoms with Crippen LogP contribution < -0.4 is 59.1 Å². The molecule has 0 aromatic heterocycles. The van der Waals surface area contributed by atoms with E-state index in [1.807, 2.05) is 36.4 Å². The normalized spacial score (nSPS) is 11.4. The summed E-state index contributed by atoms with van der Waals surface area (Å²) in [6, 6.07) is 35.0. The van der Waals surface area contributed by atoms with Crippen molar-refractivity contribution in [2.75, 3.05) is 0 Å². The molecule has 0 atom stereocenters. The standard InChI is InChI=1S/C12H8O2S.C12H10.2Na.O3S.H2O.H2/c13-15(14)11-7-3-1-5-9(11)10-6-2-4-8-12(10)15;1-3-7-11(8-4-1)12-9-5-2-6-10-12;;;1-4(2)3;;/h1-8H;1-10H;;;;1H2;1H/q;;2*+1;-2;;. The Morgan fingerprint density at radius 2 is 0.824 bits per heavy atom. The summed E-state index contributed by atoms with van der Waals surface area (Å²) in [4.78, 5) is 0.845. The third-order valence-electron chi connectivity index (χ3n) is 4.52. The smallest absolute Gasteiger partial charge is 0.917 e. The topological polar surface area (TPSA) is 123 Å². The first-order valence-electron chi connectivity index (χ1n) is 9.22. The first-order valence-corrected chi connectivity index (χ1v) is 11.7. The van der Waals surface area contributed by atoms with Crippen molar-refractivity contribution in [2.45, 2.75) is 9.79 Å². The maximum atomic E-state index is 12.1. The quantitative estimate of drug-likeness (QED) is 0.119. The van der Waals surface area contributed by atoms with Crippen LogP contribution in [0.4, 0.5) is 0 Å². The van der Waals surface area contributed by atoms with Gasteiger partial charge in [-0.2, -0.15) is 11.0 Å². The SMILES string of the molecule is O.O=S1(=O)c2ccccc2-c2ccccc21.O=[S-](=O)[O-].[HH].[Na+].[Na+].c1ccc(-c2ccccc2)cc1. The number of fused-ring (bicyclic) bond motifs is 3. The van der Waals surface area contributed by atoms with Gasteiger partial charge in [0.05, 0.1) is 9.79 Å². The zero-order valence-corrected chi connectivity index (χ0v) is 24.4. The third-order valence-corrected chi connectivity index (χ3v) is 6.39. The predicted molar refractivity (Wildman–Crippen MR) is 124 cm³/mol. The van der Waals surface area contributed by atoms with Crippen LogP contribution >= 0.6 is 0 Å². The van der Waals surface area contributed by atoms with Crippen molar-refractivity contribution in [3.8, 4) is 22.3 Å². The first kappa shape index (κ1) is 32.7. The molecule has 4 aromatic rings. The van der Waals surface area contributed by atoms with Gasteiger partial charge in [0.15, 0.2) is 0 Å². The van der Waals surface area contributed by atoms with Crippen LogP contribution in [0.2, 0.25) is 0 Å². The van der Waals surface area contributed by atoms with E-state index >= 15 is 0 Å². The van der Waals surface area contributed by atoms with Crippen LogP contribution in [-0.4, -0.2) is 18.4 Å². The molecule has 0 amide bonds. The molecule has 5 rings (SSSR count). The van der Waals surface area contributed by atoms with Crippen LogP contribution in [0, 0.1) is 0 Å². The van der Waals surface area contributed by atoms with Crippen molar-refractivity contribution in [3.63, 3.8) is 0 Å². The number of rotatable bonds is 1. The number of hydrogen-bond acceptors (Lipinski definition) is 6. The molecule has 1 heterocycles. The number of benzene rings is 4. The van der Waals surface area contributed by atoms with Gasteiger partial charge < -0.3 is 18.4 Å². The van der Waals surface area contributed by atoms with E-state index in [4.69, 9.17) is 13.0 Å². The van der Waals surface area contributed by atoms with Gasteiger partial charge in [0.2, 0.25) is 9.84 Å². The molecule has 1 aliphatic rings. The van der Waals surface area contributed by atoms with Crippen molar-refractivity contribution in [1.29, 1.82) is 0 Å². The van der Waals surface area contributed by atoms with E-state index in [-0.39, 0.29) is 66.0 Å². The van der Waals surface area contributed by atoms with E-state index in [2.05, 4.69) is 48.5 Å². The molecule has 0 radical (unpaired) electrons. The molecule has 2 N–H and O–H groups in total. The van der Waals surface area contributed by atoms with Crippen LogP contribution in [-0.2, 0) is 29.2 Å². The van der Waals surface area contributed by atoms with Crippen molar-refractivity contribution in [3.05, 3.63) is 109 Å². The number of sulfone groups is 1. The second kappa shape index (κ2) is 15.6. The zero-order valence-electron chi connectivity index (χ0n) is 18.8. The monoisotopic (exact) mass is 516 g/mol. The maximum Gasteiger partial charge on any atom is 1.00 e. The Kier molecular flexibility index (Phi) is 15.0. The molecular formula is C24H22Na2O6S2. The van der Waals surface area contributed by atoms with E-state index < -0.39 is 20.8 Å². The summed E-state index contributed by atoms with van der Waals surface area (Å²) in [5, 5.41) is 0. The molecule has 0 saturated carbocycles. The fraction of sp³-hybridized carbons (Fsp3) is 0. The average Bonchev–Trinajstić information content (AvgIpc) is 3.03. The molecule has 168 valence electrons. The van der Waals surface area contributed by atoms with E-state index in [1.54, 1.807) is 24.3 Å². The van der Waals surface area contributed by atoms with Gasteiger partial charge in [0.1, 0.15) is 0 Å². The van der Waals surface area contributed by atoms with Crippen molar-refractivity contribution < 1.29 is 87.4 Å². The minimum absolute atomic E-state index is 0. The minimum atomic E-state index is -3.26. The Morgan fingerprint density at radius 3 is 1.15 bits per heavy atom. The minimum Gasteiger partial charge on any atom is -0.917 e. The largest absolute Gasteiger partial charge is 1.00 e. The van der Waals surface area contributed by atoms with Gasteiger partial charge in [-0.25, -0.2) is 8.42 Å². The zero-order chi connectivity index (χ0) is 22.3. The summed E-state index contributed by atoms with van der Waals surface area (Å²) in [5.41, 5.74) is 4.18. The summed E-state index contributed by atoms with van der Waals surface area (Å²) in [6.45, 7) is 0. The van der Waals surface area contributed by atoms with Gasteiger partial charge in [0, 0.05) is 12.6 Å². The fourth-order valence-electron chi connectivity index (χ4n) is 3.23. The Hall–Kier alpha value is -1.30. The Balaban J connectivity index is 0. The molecule has 0 aliphatic carbocycles. The molecule has 1 aliphatic heterocycles. The van der Waals surface area contributed by atoms with Crippen LogP contribution in [0.15, 0.2) is 119 Å². The van der Waals surface area contributed by atoms with Gasteiger partial charge in [0.25, 0.3) is 0 Å².